The molecular formula is C16H20Cl2S. The van der Waals surface area contributed by atoms with E-state index >= 15 is 0 Å². The largest absolute Gasteiger partial charge is 0.127 e. The van der Waals surface area contributed by atoms with Gasteiger partial charge in [0.2, 0.25) is 0 Å². The van der Waals surface area contributed by atoms with Crippen molar-refractivity contribution < 1.29 is 0 Å². The monoisotopic (exact) mass is 314 g/mol. The Kier molecular flexibility index (Phi) is 3.17. The van der Waals surface area contributed by atoms with Gasteiger partial charge in [0.25, 0.3) is 0 Å². The van der Waals surface area contributed by atoms with E-state index in [1.165, 1.54) is 49.8 Å². The molecule has 0 N–H and O–H groups in total. The van der Waals surface area contributed by atoms with Gasteiger partial charge in [-0.15, -0.1) is 22.9 Å². The van der Waals surface area contributed by atoms with Crippen molar-refractivity contribution in [3.63, 3.8) is 0 Å². The van der Waals surface area contributed by atoms with Crippen molar-refractivity contribution in [1.82, 2.24) is 0 Å². The van der Waals surface area contributed by atoms with E-state index in [0.717, 1.165) is 22.1 Å². The van der Waals surface area contributed by atoms with Crippen LogP contribution in [0.15, 0.2) is 12.1 Å². The Morgan fingerprint density at radius 3 is 2.16 bits per heavy atom. The summed E-state index contributed by atoms with van der Waals surface area (Å²) in [7, 11) is 0. The first-order chi connectivity index (χ1) is 9.12. The maximum absolute atomic E-state index is 6.71. The van der Waals surface area contributed by atoms with E-state index in [0.29, 0.717) is 5.41 Å². The standard InChI is InChI=1S/C16H20Cl2S/c17-13(14-1-2-15(18)19-14)9-16-6-10-3-11(7-16)5-12(4-10)8-16/h1-2,10-13H,3-9H2. The van der Waals surface area contributed by atoms with Gasteiger partial charge in [0.15, 0.2) is 0 Å². The molecule has 1 unspecified atom stereocenters. The minimum atomic E-state index is 0.175. The van der Waals surface area contributed by atoms with Crippen molar-refractivity contribution in [2.75, 3.05) is 0 Å². The molecule has 4 aliphatic rings. The SMILES string of the molecule is Clc1ccc(C(Cl)CC23CC4CC(CC(C4)C2)C3)s1. The second kappa shape index (κ2) is 4.64. The molecule has 19 heavy (non-hydrogen) atoms. The molecule has 4 fully saturated rings. The Morgan fingerprint density at radius 1 is 1.11 bits per heavy atom. The first-order valence-corrected chi connectivity index (χ1v) is 9.14. The van der Waals surface area contributed by atoms with Gasteiger partial charge in [0.05, 0.1) is 9.71 Å². The van der Waals surface area contributed by atoms with Gasteiger partial charge >= 0.3 is 0 Å². The molecular weight excluding hydrogens is 295 g/mol. The molecule has 0 amide bonds. The summed E-state index contributed by atoms with van der Waals surface area (Å²) in [6.45, 7) is 0. The molecule has 1 aromatic heterocycles. The van der Waals surface area contributed by atoms with Crippen LogP contribution in [-0.2, 0) is 0 Å². The molecule has 0 radical (unpaired) electrons. The van der Waals surface area contributed by atoms with Crippen molar-refractivity contribution in [3.8, 4) is 0 Å². The van der Waals surface area contributed by atoms with Crippen LogP contribution in [0.3, 0.4) is 0 Å². The van der Waals surface area contributed by atoms with Gasteiger partial charge in [-0.1, -0.05) is 11.6 Å². The molecule has 4 saturated carbocycles. The number of thiophene rings is 1. The Hall–Kier alpha value is 0.280. The average molecular weight is 315 g/mol. The summed E-state index contributed by atoms with van der Waals surface area (Å²) >= 11 is 14.4. The van der Waals surface area contributed by atoms with Gasteiger partial charge in [-0.25, -0.2) is 0 Å². The minimum absolute atomic E-state index is 0.175. The molecule has 1 atom stereocenters. The smallest absolute Gasteiger partial charge is 0.0931 e. The van der Waals surface area contributed by atoms with Gasteiger partial charge in [0, 0.05) is 4.88 Å². The van der Waals surface area contributed by atoms with E-state index in [2.05, 4.69) is 6.07 Å². The fourth-order valence-corrected chi connectivity index (χ4v) is 7.09. The third-order valence-corrected chi connectivity index (χ3v) is 7.54. The molecule has 0 aliphatic heterocycles. The highest BCUT2D eigenvalue weighted by Gasteiger charge is 2.51. The Labute approximate surface area is 129 Å². The topological polar surface area (TPSA) is 0 Å². The minimum Gasteiger partial charge on any atom is -0.127 e. The maximum atomic E-state index is 6.71. The molecule has 0 saturated heterocycles. The lowest BCUT2D eigenvalue weighted by Crippen LogP contribution is -2.46. The Bertz CT molecular complexity index is 444. The first-order valence-electron chi connectivity index (χ1n) is 7.51. The van der Waals surface area contributed by atoms with Gasteiger partial charge in [0.1, 0.15) is 0 Å². The van der Waals surface area contributed by atoms with Crippen LogP contribution in [0.1, 0.15) is 55.2 Å². The van der Waals surface area contributed by atoms with Crippen LogP contribution in [0.25, 0.3) is 0 Å². The van der Waals surface area contributed by atoms with Crippen molar-refractivity contribution in [1.29, 1.82) is 0 Å². The molecule has 4 bridgehead atoms. The van der Waals surface area contributed by atoms with Crippen molar-refractivity contribution in [2.24, 2.45) is 23.2 Å². The lowest BCUT2D eigenvalue weighted by atomic mass is 9.48. The fourth-order valence-electron chi connectivity index (χ4n) is 5.52. The summed E-state index contributed by atoms with van der Waals surface area (Å²) in [6, 6.07) is 4.10. The highest BCUT2D eigenvalue weighted by molar-refractivity contribution is 7.16. The van der Waals surface area contributed by atoms with E-state index < -0.39 is 0 Å². The highest BCUT2D eigenvalue weighted by Crippen LogP contribution is 2.63. The molecule has 5 rings (SSSR count). The molecule has 1 aromatic rings. The van der Waals surface area contributed by atoms with Crippen molar-refractivity contribution in [3.05, 3.63) is 21.3 Å². The fraction of sp³-hybridized carbons (Fsp3) is 0.750. The van der Waals surface area contributed by atoms with Crippen LogP contribution in [0.4, 0.5) is 0 Å². The first kappa shape index (κ1) is 13.0. The molecule has 3 heteroatoms. The lowest BCUT2D eigenvalue weighted by molar-refractivity contribution is -0.0575. The summed E-state index contributed by atoms with van der Waals surface area (Å²) in [6.07, 6.45) is 10.0. The zero-order valence-corrected chi connectivity index (χ0v) is 13.4. The van der Waals surface area contributed by atoms with Crippen LogP contribution >= 0.6 is 34.5 Å². The van der Waals surface area contributed by atoms with Crippen LogP contribution in [0, 0.1) is 23.2 Å². The number of hydrogen-bond donors (Lipinski definition) is 0. The van der Waals surface area contributed by atoms with Crippen LogP contribution in [0.2, 0.25) is 4.34 Å². The number of hydrogen-bond acceptors (Lipinski definition) is 1. The lowest BCUT2D eigenvalue weighted by Gasteiger charge is -2.57. The second-order valence-corrected chi connectivity index (χ2v) is 9.50. The number of halogens is 2. The predicted octanol–water partition coefficient (Wildman–Crippen LogP) is 6.29. The van der Waals surface area contributed by atoms with E-state index in [1.54, 1.807) is 11.3 Å². The zero-order chi connectivity index (χ0) is 13.0. The third kappa shape index (κ3) is 2.36. The van der Waals surface area contributed by atoms with E-state index in [1.807, 2.05) is 6.07 Å². The van der Waals surface area contributed by atoms with Gasteiger partial charge < -0.3 is 0 Å². The van der Waals surface area contributed by atoms with Crippen molar-refractivity contribution >= 4 is 34.5 Å². The molecule has 104 valence electrons. The van der Waals surface area contributed by atoms with Gasteiger partial charge in [-0.3, -0.25) is 0 Å². The zero-order valence-electron chi connectivity index (χ0n) is 11.1. The summed E-state index contributed by atoms with van der Waals surface area (Å²) < 4.78 is 0.867. The summed E-state index contributed by atoms with van der Waals surface area (Å²) in [5, 5.41) is 0.175. The van der Waals surface area contributed by atoms with Crippen LogP contribution < -0.4 is 0 Å². The third-order valence-electron chi connectivity index (χ3n) is 5.68. The normalized spacial score (nSPS) is 41.7. The molecule has 0 aromatic carbocycles. The highest BCUT2D eigenvalue weighted by atomic mass is 35.5. The van der Waals surface area contributed by atoms with Crippen LogP contribution in [-0.4, -0.2) is 0 Å². The maximum Gasteiger partial charge on any atom is 0.0931 e. The number of rotatable bonds is 3. The molecule has 0 nitrogen and oxygen atoms in total. The van der Waals surface area contributed by atoms with E-state index in [4.69, 9.17) is 23.2 Å². The summed E-state index contributed by atoms with van der Waals surface area (Å²) in [5.41, 5.74) is 0.567. The number of alkyl halides is 1. The summed E-state index contributed by atoms with van der Waals surface area (Å²) in [4.78, 5) is 1.27. The van der Waals surface area contributed by atoms with E-state index in [9.17, 15) is 0 Å². The summed E-state index contributed by atoms with van der Waals surface area (Å²) in [5.74, 6) is 3.05. The predicted molar refractivity (Wildman–Crippen MR) is 83.1 cm³/mol. The second-order valence-electron chi connectivity index (χ2n) is 7.23. The quantitative estimate of drug-likeness (QED) is 0.575. The molecule has 4 aliphatic carbocycles. The van der Waals surface area contributed by atoms with Crippen molar-refractivity contribution in [2.45, 2.75) is 50.3 Å². The Balaban J connectivity index is 1.53. The Morgan fingerprint density at radius 2 is 1.68 bits per heavy atom. The van der Waals surface area contributed by atoms with Gasteiger partial charge in [-0.05, 0) is 80.2 Å². The molecule has 0 spiro atoms. The van der Waals surface area contributed by atoms with Gasteiger partial charge in [-0.2, -0.15) is 0 Å². The molecule has 1 heterocycles. The average Bonchev–Trinajstić information content (AvgIpc) is 2.73. The van der Waals surface area contributed by atoms with Crippen LogP contribution in [0.5, 0.6) is 0 Å². The van der Waals surface area contributed by atoms with E-state index in [-0.39, 0.29) is 5.38 Å².